The smallest absolute Gasteiger partial charge is 0.219 e. The lowest BCUT2D eigenvalue weighted by atomic mass is 9.94. The van der Waals surface area contributed by atoms with Gasteiger partial charge in [-0.25, -0.2) is 4.98 Å². The third-order valence-electron chi connectivity index (χ3n) is 4.45. The molecule has 0 aromatic carbocycles. The molecule has 5 nitrogen and oxygen atoms in total. The Balaban J connectivity index is 1.62. The van der Waals surface area contributed by atoms with Crippen LogP contribution in [0.15, 0.2) is 12.4 Å². The molecule has 1 aromatic heterocycles. The molecule has 2 saturated heterocycles. The summed E-state index contributed by atoms with van der Waals surface area (Å²) in [4.78, 5) is 24.7. The van der Waals surface area contributed by atoms with Crippen LogP contribution in [0.1, 0.15) is 44.2 Å². The van der Waals surface area contributed by atoms with Crippen LogP contribution in [-0.2, 0) is 4.79 Å². The Morgan fingerprint density at radius 3 is 2.35 bits per heavy atom. The Hall–Kier alpha value is -1.65. The van der Waals surface area contributed by atoms with Crippen molar-refractivity contribution in [3.05, 3.63) is 18.1 Å². The van der Waals surface area contributed by atoms with Crippen LogP contribution in [0.3, 0.4) is 0 Å². The van der Waals surface area contributed by atoms with Crippen LogP contribution < -0.4 is 4.90 Å². The molecule has 20 heavy (non-hydrogen) atoms. The Labute approximate surface area is 120 Å². The zero-order chi connectivity index (χ0) is 13.9. The van der Waals surface area contributed by atoms with E-state index >= 15 is 0 Å². The number of rotatable bonds is 2. The van der Waals surface area contributed by atoms with E-state index in [0.717, 1.165) is 50.5 Å². The first-order valence-electron chi connectivity index (χ1n) is 7.56. The summed E-state index contributed by atoms with van der Waals surface area (Å²) in [7, 11) is 0. The van der Waals surface area contributed by atoms with Crippen LogP contribution in [0, 0.1) is 0 Å². The van der Waals surface area contributed by atoms with E-state index in [2.05, 4.69) is 14.9 Å². The van der Waals surface area contributed by atoms with E-state index in [-0.39, 0.29) is 5.91 Å². The summed E-state index contributed by atoms with van der Waals surface area (Å²) in [6, 6.07) is 0. The summed E-state index contributed by atoms with van der Waals surface area (Å²) in [5.41, 5.74) is 1.08. The number of nitrogens with zero attached hydrogens (tertiary/aromatic N) is 4. The zero-order valence-corrected chi connectivity index (χ0v) is 12.1. The van der Waals surface area contributed by atoms with Crippen molar-refractivity contribution >= 4 is 11.7 Å². The molecule has 1 amide bonds. The first kappa shape index (κ1) is 13.3. The minimum Gasteiger partial charge on any atom is -0.355 e. The van der Waals surface area contributed by atoms with Gasteiger partial charge in [0.2, 0.25) is 5.91 Å². The van der Waals surface area contributed by atoms with Gasteiger partial charge in [-0.2, -0.15) is 0 Å². The van der Waals surface area contributed by atoms with Crippen molar-refractivity contribution in [3.63, 3.8) is 0 Å². The zero-order valence-electron chi connectivity index (χ0n) is 12.1. The molecule has 3 heterocycles. The van der Waals surface area contributed by atoms with Crippen molar-refractivity contribution in [1.82, 2.24) is 14.9 Å². The monoisotopic (exact) mass is 274 g/mol. The molecule has 0 radical (unpaired) electrons. The number of carbonyl (C=O) groups excluding carboxylic acids is 1. The van der Waals surface area contributed by atoms with Crippen molar-refractivity contribution in [2.24, 2.45) is 0 Å². The number of hydrogen-bond donors (Lipinski definition) is 0. The summed E-state index contributed by atoms with van der Waals surface area (Å²) >= 11 is 0. The van der Waals surface area contributed by atoms with Gasteiger partial charge >= 0.3 is 0 Å². The third kappa shape index (κ3) is 2.76. The molecular formula is C15H22N4O. The minimum atomic E-state index is 0.180. The Morgan fingerprint density at radius 2 is 1.80 bits per heavy atom. The fourth-order valence-electron chi connectivity index (χ4n) is 3.14. The second-order valence-electron chi connectivity index (χ2n) is 5.77. The normalized spacial score (nSPS) is 20.4. The van der Waals surface area contributed by atoms with Gasteiger partial charge in [-0.15, -0.1) is 0 Å². The molecule has 2 aliphatic heterocycles. The van der Waals surface area contributed by atoms with Gasteiger partial charge in [0.05, 0.1) is 18.1 Å². The molecule has 0 aliphatic carbocycles. The lowest BCUT2D eigenvalue weighted by molar-refractivity contribution is -0.129. The molecule has 0 saturated carbocycles. The van der Waals surface area contributed by atoms with Gasteiger partial charge in [0.15, 0.2) is 0 Å². The minimum absolute atomic E-state index is 0.180. The highest BCUT2D eigenvalue weighted by Gasteiger charge is 2.23. The fourth-order valence-corrected chi connectivity index (χ4v) is 3.14. The number of carbonyl (C=O) groups is 1. The van der Waals surface area contributed by atoms with Crippen molar-refractivity contribution in [2.75, 3.05) is 31.1 Å². The van der Waals surface area contributed by atoms with Crippen LogP contribution in [-0.4, -0.2) is 47.0 Å². The Kier molecular flexibility index (Phi) is 3.85. The van der Waals surface area contributed by atoms with Crippen LogP contribution in [0.5, 0.6) is 0 Å². The summed E-state index contributed by atoms with van der Waals surface area (Å²) < 4.78 is 0. The highest BCUT2D eigenvalue weighted by Crippen LogP contribution is 2.27. The molecule has 1 aromatic rings. The van der Waals surface area contributed by atoms with Gasteiger partial charge in [0.25, 0.3) is 0 Å². The lowest BCUT2D eigenvalue weighted by Gasteiger charge is -2.30. The van der Waals surface area contributed by atoms with Crippen LogP contribution in [0.25, 0.3) is 0 Å². The van der Waals surface area contributed by atoms with E-state index in [1.54, 1.807) is 6.92 Å². The Bertz CT molecular complexity index is 459. The molecule has 2 fully saturated rings. The average molecular weight is 274 g/mol. The predicted octanol–water partition coefficient (Wildman–Crippen LogP) is 1.80. The summed E-state index contributed by atoms with van der Waals surface area (Å²) in [6.07, 6.45) is 8.36. The molecule has 3 rings (SSSR count). The molecule has 5 heteroatoms. The van der Waals surface area contributed by atoms with Crippen molar-refractivity contribution in [3.8, 4) is 0 Å². The van der Waals surface area contributed by atoms with Gasteiger partial charge in [-0.1, -0.05) is 0 Å². The second kappa shape index (κ2) is 5.77. The van der Waals surface area contributed by atoms with Crippen molar-refractivity contribution in [2.45, 2.75) is 38.5 Å². The van der Waals surface area contributed by atoms with E-state index in [0.29, 0.717) is 5.92 Å². The molecule has 0 spiro atoms. The maximum absolute atomic E-state index is 11.3. The average Bonchev–Trinajstić information content (AvgIpc) is 3.02. The highest BCUT2D eigenvalue weighted by molar-refractivity contribution is 5.73. The molecule has 0 atom stereocenters. The quantitative estimate of drug-likeness (QED) is 0.825. The molecule has 0 unspecified atom stereocenters. The molecule has 2 aliphatic rings. The van der Waals surface area contributed by atoms with E-state index in [1.807, 2.05) is 17.3 Å². The molecule has 0 N–H and O–H groups in total. The fraction of sp³-hybridized carbons (Fsp3) is 0.667. The van der Waals surface area contributed by atoms with Crippen molar-refractivity contribution in [1.29, 1.82) is 0 Å². The summed E-state index contributed by atoms with van der Waals surface area (Å²) in [5.74, 6) is 1.64. The van der Waals surface area contributed by atoms with Crippen LogP contribution in [0.2, 0.25) is 0 Å². The predicted molar refractivity (Wildman–Crippen MR) is 77.7 cm³/mol. The van der Waals surface area contributed by atoms with Crippen molar-refractivity contribution < 1.29 is 4.79 Å². The second-order valence-corrected chi connectivity index (χ2v) is 5.77. The topological polar surface area (TPSA) is 49.3 Å². The number of likely N-dealkylation sites (tertiary alicyclic amines) is 1. The standard InChI is InChI=1S/C15H22N4O/c1-12(20)18-8-4-13(5-9-18)14-10-17-15(11-16-14)19-6-2-3-7-19/h10-11,13H,2-9H2,1H3. The van der Waals surface area contributed by atoms with Crippen LogP contribution in [0.4, 0.5) is 5.82 Å². The molecule has 0 bridgehead atoms. The first-order chi connectivity index (χ1) is 9.74. The number of amides is 1. The SMILES string of the molecule is CC(=O)N1CCC(c2cnc(N3CCCC3)cn2)CC1. The Morgan fingerprint density at radius 1 is 1.10 bits per heavy atom. The number of hydrogen-bond acceptors (Lipinski definition) is 4. The maximum atomic E-state index is 11.3. The summed E-state index contributed by atoms with van der Waals surface area (Å²) in [6.45, 7) is 5.53. The van der Waals surface area contributed by atoms with E-state index in [4.69, 9.17) is 0 Å². The number of aromatic nitrogens is 2. The third-order valence-corrected chi connectivity index (χ3v) is 4.45. The van der Waals surface area contributed by atoms with Gasteiger partial charge in [0, 0.05) is 39.0 Å². The largest absolute Gasteiger partial charge is 0.355 e. The first-order valence-corrected chi connectivity index (χ1v) is 7.56. The van der Waals surface area contributed by atoms with E-state index < -0.39 is 0 Å². The van der Waals surface area contributed by atoms with Gasteiger partial charge in [-0.05, 0) is 25.7 Å². The van der Waals surface area contributed by atoms with E-state index in [1.165, 1.54) is 12.8 Å². The molecule has 108 valence electrons. The van der Waals surface area contributed by atoms with Gasteiger partial charge in [0.1, 0.15) is 5.82 Å². The number of piperidine rings is 1. The number of anilines is 1. The lowest BCUT2D eigenvalue weighted by Crippen LogP contribution is -2.36. The van der Waals surface area contributed by atoms with Gasteiger partial charge in [-0.3, -0.25) is 9.78 Å². The highest BCUT2D eigenvalue weighted by atomic mass is 16.2. The molecular weight excluding hydrogens is 252 g/mol. The summed E-state index contributed by atoms with van der Waals surface area (Å²) in [5, 5.41) is 0. The van der Waals surface area contributed by atoms with Gasteiger partial charge < -0.3 is 9.80 Å². The maximum Gasteiger partial charge on any atom is 0.219 e. The van der Waals surface area contributed by atoms with Crippen LogP contribution >= 0.6 is 0 Å². The van der Waals surface area contributed by atoms with E-state index in [9.17, 15) is 4.79 Å².